The SMILES string of the molecule is Cc1c(C(=O)[O-])[nH]c2c(Br)cccc2c1=O. The van der Waals surface area contributed by atoms with E-state index in [-0.39, 0.29) is 16.7 Å². The van der Waals surface area contributed by atoms with E-state index in [1.165, 1.54) is 6.92 Å². The number of hydrogen-bond donors (Lipinski definition) is 1. The fourth-order valence-corrected chi connectivity index (χ4v) is 2.04. The molecule has 0 atom stereocenters. The number of nitrogens with one attached hydrogen (secondary N) is 1. The van der Waals surface area contributed by atoms with Gasteiger partial charge in [-0.15, -0.1) is 0 Å². The fourth-order valence-electron chi connectivity index (χ4n) is 1.58. The Morgan fingerprint density at radius 2 is 2.12 bits per heavy atom. The summed E-state index contributed by atoms with van der Waals surface area (Å²) in [5.74, 6) is -1.38. The van der Waals surface area contributed by atoms with Gasteiger partial charge in [0.2, 0.25) is 0 Å². The molecule has 4 nitrogen and oxygen atoms in total. The monoisotopic (exact) mass is 280 g/mol. The zero-order chi connectivity index (χ0) is 11.9. The summed E-state index contributed by atoms with van der Waals surface area (Å²) in [4.78, 5) is 25.4. The molecule has 0 saturated carbocycles. The number of benzene rings is 1. The van der Waals surface area contributed by atoms with Crippen LogP contribution in [-0.4, -0.2) is 11.0 Å². The first kappa shape index (κ1) is 10.9. The van der Waals surface area contributed by atoms with Gasteiger partial charge in [0.15, 0.2) is 5.43 Å². The van der Waals surface area contributed by atoms with Crippen molar-refractivity contribution in [3.8, 4) is 0 Å². The van der Waals surface area contributed by atoms with Gasteiger partial charge in [-0.05, 0) is 35.0 Å². The average molecular weight is 281 g/mol. The van der Waals surface area contributed by atoms with Gasteiger partial charge in [-0.1, -0.05) is 6.07 Å². The lowest BCUT2D eigenvalue weighted by atomic mass is 10.1. The molecule has 0 amide bonds. The molecule has 0 unspecified atom stereocenters. The van der Waals surface area contributed by atoms with Crippen molar-refractivity contribution in [3.05, 3.63) is 44.2 Å². The molecule has 0 saturated heterocycles. The van der Waals surface area contributed by atoms with Crippen molar-refractivity contribution in [1.29, 1.82) is 0 Å². The number of H-pyrrole nitrogens is 1. The standard InChI is InChI=1S/C11H8BrNO3/c1-5-8(11(15)16)13-9-6(10(5)14)3-2-4-7(9)12/h2-4H,1H3,(H,13,14)(H,15,16)/p-1. The highest BCUT2D eigenvalue weighted by Gasteiger charge is 2.10. The summed E-state index contributed by atoms with van der Waals surface area (Å²) in [7, 11) is 0. The molecule has 2 aromatic rings. The van der Waals surface area contributed by atoms with Crippen LogP contribution >= 0.6 is 15.9 Å². The van der Waals surface area contributed by atoms with Gasteiger partial charge in [0.25, 0.3) is 0 Å². The zero-order valence-corrected chi connectivity index (χ0v) is 9.92. The first-order valence-electron chi connectivity index (χ1n) is 4.55. The van der Waals surface area contributed by atoms with Crippen LogP contribution in [0.1, 0.15) is 16.1 Å². The Morgan fingerprint density at radius 3 is 2.75 bits per heavy atom. The van der Waals surface area contributed by atoms with Crippen molar-refractivity contribution in [2.75, 3.05) is 0 Å². The van der Waals surface area contributed by atoms with E-state index in [4.69, 9.17) is 0 Å². The number of carboxylic acids is 1. The predicted octanol–water partition coefficient (Wildman–Crippen LogP) is 0.963. The van der Waals surface area contributed by atoms with Crippen molar-refractivity contribution in [2.24, 2.45) is 0 Å². The van der Waals surface area contributed by atoms with E-state index in [0.29, 0.717) is 15.4 Å². The number of rotatable bonds is 1. The maximum absolute atomic E-state index is 11.9. The quantitative estimate of drug-likeness (QED) is 0.846. The molecule has 1 heterocycles. The Bertz CT molecular complexity index is 645. The number of carbonyl (C=O) groups excluding carboxylic acids is 1. The maximum Gasteiger partial charge on any atom is 0.192 e. The number of pyridine rings is 1. The Balaban J connectivity index is 3.01. The third kappa shape index (κ3) is 1.53. The van der Waals surface area contributed by atoms with E-state index >= 15 is 0 Å². The molecule has 2 rings (SSSR count). The topological polar surface area (TPSA) is 73.0 Å². The van der Waals surface area contributed by atoms with E-state index in [9.17, 15) is 14.7 Å². The van der Waals surface area contributed by atoms with Gasteiger partial charge in [0.1, 0.15) is 0 Å². The minimum atomic E-state index is -1.38. The number of carbonyl (C=O) groups is 1. The number of halogens is 1. The van der Waals surface area contributed by atoms with Gasteiger partial charge in [0, 0.05) is 15.4 Å². The van der Waals surface area contributed by atoms with Gasteiger partial charge in [0.05, 0.1) is 17.2 Å². The molecule has 0 fully saturated rings. The molecular weight excluding hydrogens is 274 g/mol. The molecule has 1 aromatic carbocycles. The van der Waals surface area contributed by atoms with Crippen LogP contribution in [0.3, 0.4) is 0 Å². The highest BCUT2D eigenvalue weighted by atomic mass is 79.9. The Morgan fingerprint density at radius 1 is 1.44 bits per heavy atom. The van der Waals surface area contributed by atoms with Crippen LogP contribution in [-0.2, 0) is 0 Å². The summed E-state index contributed by atoms with van der Waals surface area (Å²) in [6.45, 7) is 1.46. The lowest BCUT2D eigenvalue weighted by Gasteiger charge is -2.09. The van der Waals surface area contributed by atoms with Crippen LogP contribution in [0.15, 0.2) is 27.5 Å². The van der Waals surface area contributed by atoms with E-state index in [0.717, 1.165) is 0 Å². The molecule has 1 aromatic heterocycles. The van der Waals surface area contributed by atoms with Gasteiger partial charge in [-0.2, -0.15) is 0 Å². The molecule has 0 spiro atoms. The number of hydrogen-bond acceptors (Lipinski definition) is 3. The molecule has 16 heavy (non-hydrogen) atoms. The van der Waals surface area contributed by atoms with Gasteiger partial charge >= 0.3 is 0 Å². The smallest absolute Gasteiger partial charge is 0.192 e. The summed E-state index contributed by atoms with van der Waals surface area (Å²) >= 11 is 3.26. The first-order valence-corrected chi connectivity index (χ1v) is 5.34. The predicted molar refractivity (Wildman–Crippen MR) is 61.3 cm³/mol. The third-order valence-electron chi connectivity index (χ3n) is 2.43. The van der Waals surface area contributed by atoms with Gasteiger partial charge in [-0.3, -0.25) is 4.79 Å². The number of fused-ring (bicyclic) bond motifs is 1. The lowest BCUT2D eigenvalue weighted by Crippen LogP contribution is -2.27. The summed E-state index contributed by atoms with van der Waals surface area (Å²) in [6.07, 6.45) is 0. The summed E-state index contributed by atoms with van der Waals surface area (Å²) in [5, 5.41) is 11.3. The van der Waals surface area contributed by atoms with Crippen LogP contribution in [0.2, 0.25) is 0 Å². The highest BCUT2D eigenvalue weighted by Crippen LogP contribution is 2.20. The molecule has 0 bridgehead atoms. The summed E-state index contributed by atoms with van der Waals surface area (Å²) in [5.41, 5.74) is 0.154. The van der Waals surface area contributed by atoms with Crippen LogP contribution in [0.25, 0.3) is 10.9 Å². The van der Waals surface area contributed by atoms with Crippen molar-refractivity contribution < 1.29 is 9.90 Å². The number of para-hydroxylation sites is 1. The van der Waals surface area contributed by atoms with E-state index in [1.54, 1.807) is 18.2 Å². The van der Waals surface area contributed by atoms with E-state index in [1.807, 2.05) is 0 Å². The molecule has 1 N–H and O–H groups in total. The normalized spacial score (nSPS) is 10.6. The van der Waals surface area contributed by atoms with Gasteiger partial charge in [-0.25, -0.2) is 0 Å². The van der Waals surface area contributed by atoms with E-state index < -0.39 is 5.97 Å². The summed E-state index contributed by atoms with van der Waals surface area (Å²) in [6, 6.07) is 5.09. The van der Waals surface area contributed by atoms with Crippen molar-refractivity contribution in [3.63, 3.8) is 0 Å². The minimum absolute atomic E-state index is 0.158. The molecule has 0 aliphatic heterocycles. The first-order chi connectivity index (χ1) is 7.52. The number of aromatic nitrogens is 1. The largest absolute Gasteiger partial charge is 0.543 e. The van der Waals surface area contributed by atoms with Crippen LogP contribution in [0.4, 0.5) is 0 Å². The lowest BCUT2D eigenvalue weighted by molar-refractivity contribution is -0.255. The molecule has 82 valence electrons. The second-order valence-electron chi connectivity index (χ2n) is 3.40. The molecule has 5 heteroatoms. The highest BCUT2D eigenvalue weighted by molar-refractivity contribution is 9.10. The van der Waals surface area contributed by atoms with E-state index in [2.05, 4.69) is 20.9 Å². The third-order valence-corrected chi connectivity index (χ3v) is 3.09. The van der Waals surface area contributed by atoms with Crippen LogP contribution in [0.5, 0.6) is 0 Å². The molecule has 0 radical (unpaired) electrons. The van der Waals surface area contributed by atoms with Crippen molar-refractivity contribution in [1.82, 2.24) is 4.98 Å². The Labute approximate surface area is 99.0 Å². The molecule has 0 aliphatic carbocycles. The summed E-state index contributed by atoms with van der Waals surface area (Å²) < 4.78 is 0.643. The number of carboxylic acid groups (broad SMARTS) is 1. The Hall–Kier alpha value is -1.62. The second kappa shape index (κ2) is 3.75. The minimum Gasteiger partial charge on any atom is -0.543 e. The number of aromatic carboxylic acids is 1. The second-order valence-corrected chi connectivity index (χ2v) is 4.26. The molecular formula is C11H7BrNO3-. The van der Waals surface area contributed by atoms with Gasteiger partial charge < -0.3 is 14.9 Å². The Kier molecular flexibility index (Phi) is 2.55. The number of aromatic amines is 1. The fraction of sp³-hybridized carbons (Fsp3) is 0.0909. The average Bonchev–Trinajstić information content (AvgIpc) is 2.23. The van der Waals surface area contributed by atoms with Crippen molar-refractivity contribution >= 4 is 32.8 Å². The van der Waals surface area contributed by atoms with Crippen LogP contribution < -0.4 is 10.5 Å². The van der Waals surface area contributed by atoms with Crippen molar-refractivity contribution in [2.45, 2.75) is 6.92 Å². The molecule has 0 aliphatic rings. The maximum atomic E-state index is 11.9. The zero-order valence-electron chi connectivity index (χ0n) is 8.33. The van der Waals surface area contributed by atoms with Crippen LogP contribution in [0, 0.1) is 6.92 Å².